The van der Waals surface area contributed by atoms with Gasteiger partial charge in [-0.25, -0.2) is 0 Å². The third kappa shape index (κ3) is 3.82. The zero-order valence-electron chi connectivity index (χ0n) is 17.7. The van der Waals surface area contributed by atoms with Gasteiger partial charge in [-0.15, -0.1) is 0 Å². The number of rotatable bonds is 6. The van der Waals surface area contributed by atoms with Crippen LogP contribution in [0.3, 0.4) is 0 Å². The van der Waals surface area contributed by atoms with Crippen molar-refractivity contribution in [3.8, 4) is 5.75 Å². The molecule has 162 valence electrons. The maximum atomic E-state index is 13.5. The molecule has 0 radical (unpaired) electrons. The van der Waals surface area contributed by atoms with Crippen LogP contribution in [0.4, 0.5) is 5.69 Å². The fourth-order valence-corrected chi connectivity index (χ4v) is 6.94. The molecule has 30 heavy (non-hydrogen) atoms. The molecule has 4 saturated carbocycles. The van der Waals surface area contributed by atoms with E-state index in [2.05, 4.69) is 10.6 Å². The third-order valence-corrected chi connectivity index (χ3v) is 7.54. The van der Waals surface area contributed by atoms with E-state index in [-0.39, 0.29) is 28.9 Å². The molecule has 4 aliphatic carbocycles. The van der Waals surface area contributed by atoms with Crippen molar-refractivity contribution in [1.29, 1.82) is 0 Å². The second kappa shape index (κ2) is 7.56. The summed E-state index contributed by atoms with van der Waals surface area (Å²) in [6.07, 6.45) is 8.16. The molecule has 1 aromatic carbocycles. The standard InChI is InChI=1S/C24H32N2O4/c1-16(27)26-24-12-17-8-18(13-24)11-23(10-17,15-24)22(28)25-19-4-2-5-20(9-19)30-14-21-6-3-7-29-21/h2,4-5,9,17-18,21H,3,6-8,10-15H2,1H3,(H,25,28)(H,26,27)/t17-,18+,21-,23?,24?/m1/s1. The van der Waals surface area contributed by atoms with Crippen LogP contribution in [0.5, 0.6) is 5.75 Å². The van der Waals surface area contributed by atoms with E-state index in [4.69, 9.17) is 9.47 Å². The van der Waals surface area contributed by atoms with Gasteiger partial charge in [0, 0.05) is 30.8 Å². The number of nitrogens with one attached hydrogen (secondary N) is 2. The Labute approximate surface area is 178 Å². The molecule has 1 saturated heterocycles. The number of carbonyl (C=O) groups is 2. The molecule has 2 N–H and O–H groups in total. The van der Waals surface area contributed by atoms with Gasteiger partial charge >= 0.3 is 0 Å². The van der Waals surface area contributed by atoms with Gasteiger partial charge in [-0.05, 0) is 75.3 Å². The minimum absolute atomic E-state index is 0.0172. The van der Waals surface area contributed by atoms with Crippen LogP contribution in [0.1, 0.15) is 58.3 Å². The highest BCUT2D eigenvalue weighted by Gasteiger charge is 2.60. The zero-order valence-corrected chi connectivity index (χ0v) is 17.7. The lowest BCUT2D eigenvalue weighted by atomic mass is 9.46. The van der Waals surface area contributed by atoms with Gasteiger partial charge in [0.2, 0.25) is 11.8 Å². The first-order valence-corrected chi connectivity index (χ1v) is 11.4. The zero-order chi connectivity index (χ0) is 20.8. The molecule has 0 aromatic heterocycles. The minimum Gasteiger partial charge on any atom is -0.491 e. The summed E-state index contributed by atoms with van der Waals surface area (Å²) in [5.74, 6) is 1.93. The van der Waals surface area contributed by atoms with Crippen molar-refractivity contribution in [3.63, 3.8) is 0 Å². The maximum Gasteiger partial charge on any atom is 0.230 e. The molecule has 1 heterocycles. The number of amides is 2. The summed E-state index contributed by atoms with van der Waals surface area (Å²) in [5, 5.41) is 6.41. The molecule has 2 unspecified atom stereocenters. The Morgan fingerprint density at radius 3 is 2.70 bits per heavy atom. The highest BCUT2D eigenvalue weighted by Crippen LogP contribution is 2.61. The second-order valence-corrected chi connectivity index (χ2v) is 10.1. The highest BCUT2D eigenvalue weighted by molar-refractivity contribution is 5.96. The number of ether oxygens (including phenoxy) is 2. The molecule has 1 aromatic rings. The maximum absolute atomic E-state index is 13.5. The van der Waals surface area contributed by atoms with E-state index in [9.17, 15) is 9.59 Å². The summed E-state index contributed by atoms with van der Waals surface area (Å²) in [6.45, 7) is 2.95. The quantitative estimate of drug-likeness (QED) is 0.748. The van der Waals surface area contributed by atoms with Crippen LogP contribution in [0, 0.1) is 17.3 Å². The topological polar surface area (TPSA) is 76.7 Å². The van der Waals surface area contributed by atoms with Gasteiger partial charge in [0.05, 0.1) is 11.5 Å². The van der Waals surface area contributed by atoms with Gasteiger partial charge in [-0.3, -0.25) is 9.59 Å². The summed E-state index contributed by atoms with van der Waals surface area (Å²) < 4.78 is 11.5. The van der Waals surface area contributed by atoms with Crippen molar-refractivity contribution in [2.75, 3.05) is 18.5 Å². The molecule has 2 amide bonds. The SMILES string of the molecule is CC(=O)NC12C[C@H]3C[C@@H](C1)CC(C(=O)Nc1cccc(OC[C@H]4CCCO4)c1)(C3)C2. The van der Waals surface area contributed by atoms with E-state index in [1.807, 2.05) is 24.3 Å². The van der Waals surface area contributed by atoms with Gasteiger partial charge in [-0.1, -0.05) is 6.07 Å². The number of anilines is 1. The molecule has 1 aliphatic heterocycles. The Morgan fingerprint density at radius 2 is 2.00 bits per heavy atom. The summed E-state index contributed by atoms with van der Waals surface area (Å²) in [5.41, 5.74) is 0.204. The molecule has 5 fully saturated rings. The predicted octanol–water partition coefficient (Wildman–Crippen LogP) is 3.66. The van der Waals surface area contributed by atoms with Crippen molar-refractivity contribution >= 4 is 17.5 Å². The van der Waals surface area contributed by atoms with Crippen molar-refractivity contribution in [1.82, 2.24) is 5.32 Å². The van der Waals surface area contributed by atoms with Crippen LogP contribution < -0.4 is 15.4 Å². The van der Waals surface area contributed by atoms with Crippen LogP contribution in [0.2, 0.25) is 0 Å². The number of hydrogen-bond acceptors (Lipinski definition) is 4. The molecular weight excluding hydrogens is 380 g/mol. The predicted molar refractivity (Wildman–Crippen MR) is 113 cm³/mol. The number of hydrogen-bond donors (Lipinski definition) is 2. The van der Waals surface area contributed by atoms with Crippen molar-refractivity contribution in [3.05, 3.63) is 24.3 Å². The molecule has 6 heteroatoms. The smallest absolute Gasteiger partial charge is 0.230 e. The Balaban J connectivity index is 1.28. The van der Waals surface area contributed by atoms with Crippen molar-refractivity contribution in [2.45, 2.75) is 69.9 Å². The number of benzene rings is 1. The van der Waals surface area contributed by atoms with Crippen LogP contribution in [-0.4, -0.2) is 36.7 Å². The van der Waals surface area contributed by atoms with Crippen LogP contribution in [0.25, 0.3) is 0 Å². The monoisotopic (exact) mass is 412 g/mol. The molecule has 6 rings (SSSR count). The van der Waals surface area contributed by atoms with Crippen molar-refractivity contribution < 1.29 is 19.1 Å². The first-order valence-electron chi connectivity index (χ1n) is 11.4. The number of carbonyl (C=O) groups excluding carboxylic acids is 2. The first kappa shape index (κ1) is 19.9. The van der Waals surface area contributed by atoms with E-state index in [0.29, 0.717) is 18.4 Å². The lowest BCUT2D eigenvalue weighted by molar-refractivity contribution is -0.148. The Kier molecular flexibility index (Phi) is 5.00. The first-order chi connectivity index (χ1) is 14.4. The highest BCUT2D eigenvalue weighted by atomic mass is 16.5. The third-order valence-electron chi connectivity index (χ3n) is 7.54. The van der Waals surface area contributed by atoms with Crippen molar-refractivity contribution in [2.24, 2.45) is 17.3 Å². The Hall–Kier alpha value is -2.08. The van der Waals surface area contributed by atoms with E-state index < -0.39 is 0 Å². The molecular formula is C24H32N2O4. The lowest BCUT2D eigenvalue weighted by Crippen LogP contribution is -2.65. The summed E-state index contributed by atoms with van der Waals surface area (Å²) >= 11 is 0. The van der Waals surface area contributed by atoms with Gasteiger partial charge in [0.15, 0.2) is 0 Å². The fraction of sp³-hybridized carbons (Fsp3) is 0.667. The fourth-order valence-electron chi connectivity index (χ4n) is 6.94. The Morgan fingerprint density at radius 1 is 1.20 bits per heavy atom. The van der Waals surface area contributed by atoms with E-state index >= 15 is 0 Å². The van der Waals surface area contributed by atoms with Gasteiger partial charge < -0.3 is 20.1 Å². The van der Waals surface area contributed by atoms with E-state index in [1.54, 1.807) is 6.92 Å². The summed E-state index contributed by atoms with van der Waals surface area (Å²) in [6, 6.07) is 7.65. The minimum atomic E-state index is -0.374. The van der Waals surface area contributed by atoms with E-state index in [0.717, 1.165) is 63.0 Å². The van der Waals surface area contributed by atoms with Crippen LogP contribution in [-0.2, 0) is 14.3 Å². The second-order valence-electron chi connectivity index (χ2n) is 10.1. The summed E-state index contributed by atoms with van der Waals surface area (Å²) in [7, 11) is 0. The van der Waals surface area contributed by atoms with Gasteiger partial charge in [0.1, 0.15) is 12.4 Å². The molecule has 4 bridgehead atoms. The Bertz CT molecular complexity index is 818. The normalized spacial score (nSPS) is 36.5. The largest absolute Gasteiger partial charge is 0.491 e. The molecule has 5 aliphatic rings. The lowest BCUT2D eigenvalue weighted by Gasteiger charge is -2.61. The van der Waals surface area contributed by atoms with Crippen LogP contribution >= 0.6 is 0 Å². The van der Waals surface area contributed by atoms with Gasteiger partial charge in [-0.2, -0.15) is 0 Å². The average Bonchev–Trinajstić information content (AvgIpc) is 3.18. The van der Waals surface area contributed by atoms with E-state index in [1.165, 1.54) is 6.42 Å². The molecule has 6 nitrogen and oxygen atoms in total. The average molecular weight is 413 g/mol. The van der Waals surface area contributed by atoms with Crippen LogP contribution in [0.15, 0.2) is 24.3 Å². The van der Waals surface area contributed by atoms with Gasteiger partial charge in [0.25, 0.3) is 0 Å². The molecule has 5 atom stereocenters. The molecule has 0 spiro atoms. The summed E-state index contributed by atoms with van der Waals surface area (Å²) in [4.78, 5) is 25.3.